The number of fused-ring (bicyclic) bond motifs is 1. The summed E-state index contributed by atoms with van der Waals surface area (Å²) in [5.41, 5.74) is 6.14. The standard InChI is InChI=1S/C15H14N2S/c1-10-8-13(14-9-18-15(16-2)17-14)12-7-5-3-4-6-11(10)12/h3-9H,1-2H3,(H,16,17). The molecule has 2 aliphatic carbocycles. The Bertz CT molecular complexity index is 657. The molecule has 0 spiro atoms. The van der Waals surface area contributed by atoms with Gasteiger partial charge in [0.25, 0.3) is 0 Å². The normalized spacial score (nSPS) is 10.8. The molecule has 1 heterocycles. The number of anilines is 1. The molecule has 3 heteroatoms. The van der Waals surface area contributed by atoms with E-state index in [1.807, 2.05) is 7.05 Å². The molecule has 3 rings (SSSR count). The number of hydrogen-bond acceptors (Lipinski definition) is 3. The molecular weight excluding hydrogens is 240 g/mol. The first-order valence-corrected chi connectivity index (χ1v) is 6.79. The van der Waals surface area contributed by atoms with Crippen LogP contribution in [0.25, 0.3) is 22.4 Å². The Morgan fingerprint density at radius 2 is 1.83 bits per heavy atom. The van der Waals surface area contributed by atoms with Crippen LogP contribution in [0.1, 0.15) is 5.56 Å². The average molecular weight is 254 g/mol. The van der Waals surface area contributed by atoms with Crippen molar-refractivity contribution in [1.29, 1.82) is 0 Å². The minimum atomic E-state index is 0.956. The number of aryl methyl sites for hydroxylation is 1. The molecule has 18 heavy (non-hydrogen) atoms. The van der Waals surface area contributed by atoms with Gasteiger partial charge in [-0.05, 0) is 29.7 Å². The zero-order valence-corrected chi connectivity index (χ0v) is 11.2. The maximum Gasteiger partial charge on any atom is 0.182 e. The van der Waals surface area contributed by atoms with Crippen LogP contribution in [0.4, 0.5) is 5.13 Å². The summed E-state index contributed by atoms with van der Waals surface area (Å²) in [5.74, 6) is 0. The predicted molar refractivity (Wildman–Crippen MR) is 78.5 cm³/mol. The Hall–Kier alpha value is -1.87. The van der Waals surface area contributed by atoms with E-state index in [9.17, 15) is 0 Å². The minimum absolute atomic E-state index is 0.956. The summed E-state index contributed by atoms with van der Waals surface area (Å²) >= 11 is 1.64. The molecule has 0 aliphatic heterocycles. The van der Waals surface area contributed by atoms with Gasteiger partial charge in [-0.15, -0.1) is 11.3 Å². The molecule has 0 amide bonds. The lowest BCUT2D eigenvalue weighted by atomic mass is 10.1. The molecule has 0 radical (unpaired) electrons. The van der Waals surface area contributed by atoms with Crippen LogP contribution in [0.2, 0.25) is 0 Å². The largest absolute Gasteiger partial charge is 0.365 e. The smallest absolute Gasteiger partial charge is 0.182 e. The molecule has 2 aliphatic rings. The molecule has 0 saturated heterocycles. The van der Waals surface area contributed by atoms with E-state index >= 15 is 0 Å². The van der Waals surface area contributed by atoms with Crippen molar-refractivity contribution in [3.8, 4) is 22.4 Å². The quantitative estimate of drug-likeness (QED) is 0.739. The SMILES string of the molecule is CNc1nc(-c2cc(C)c3cccccc2-3)cs1. The molecule has 0 aromatic carbocycles. The maximum absolute atomic E-state index is 4.59. The monoisotopic (exact) mass is 254 g/mol. The second kappa shape index (κ2) is 4.42. The fourth-order valence-corrected chi connectivity index (χ4v) is 2.89. The Morgan fingerprint density at radius 1 is 1.06 bits per heavy atom. The van der Waals surface area contributed by atoms with Crippen LogP contribution in [0, 0.1) is 6.92 Å². The number of aromatic nitrogens is 1. The van der Waals surface area contributed by atoms with Crippen LogP contribution in [0.5, 0.6) is 0 Å². The summed E-state index contributed by atoms with van der Waals surface area (Å²) in [6.45, 7) is 2.15. The van der Waals surface area contributed by atoms with Crippen LogP contribution in [-0.4, -0.2) is 12.0 Å². The van der Waals surface area contributed by atoms with Gasteiger partial charge < -0.3 is 5.32 Å². The molecule has 1 aromatic heterocycles. The third-order valence-corrected chi connectivity index (χ3v) is 3.97. The van der Waals surface area contributed by atoms with E-state index in [2.05, 4.69) is 59.0 Å². The number of nitrogens with zero attached hydrogens (tertiary/aromatic N) is 1. The highest BCUT2D eigenvalue weighted by Gasteiger charge is 2.15. The van der Waals surface area contributed by atoms with Crippen molar-refractivity contribution in [2.45, 2.75) is 6.92 Å². The van der Waals surface area contributed by atoms with Gasteiger partial charge in [0, 0.05) is 18.0 Å². The molecule has 0 saturated carbocycles. The highest BCUT2D eigenvalue weighted by atomic mass is 32.1. The number of hydrogen-bond donors (Lipinski definition) is 1. The van der Waals surface area contributed by atoms with Crippen LogP contribution < -0.4 is 5.32 Å². The van der Waals surface area contributed by atoms with Gasteiger partial charge in [0.15, 0.2) is 5.13 Å². The second-order valence-corrected chi connectivity index (χ2v) is 5.13. The lowest BCUT2D eigenvalue weighted by Gasteiger charge is -1.98. The number of rotatable bonds is 2. The van der Waals surface area contributed by atoms with Gasteiger partial charge in [-0.2, -0.15) is 0 Å². The van der Waals surface area contributed by atoms with Crippen molar-refractivity contribution in [1.82, 2.24) is 4.98 Å². The topological polar surface area (TPSA) is 24.9 Å². The van der Waals surface area contributed by atoms with Crippen LogP contribution in [-0.2, 0) is 0 Å². The average Bonchev–Trinajstić information content (AvgIpc) is 2.87. The van der Waals surface area contributed by atoms with E-state index in [0.717, 1.165) is 10.8 Å². The molecule has 0 bridgehead atoms. The van der Waals surface area contributed by atoms with Crippen molar-refractivity contribution in [2.75, 3.05) is 12.4 Å². The van der Waals surface area contributed by atoms with E-state index < -0.39 is 0 Å². The fourth-order valence-electron chi connectivity index (χ4n) is 2.22. The van der Waals surface area contributed by atoms with E-state index in [-0.39, 0.29) is 0 Å². The van der Waals surface area contributed by atoms with Gasteiger partial charge >= 0.3 is 0 Å². The van der Waals surface area contributed by atoms with Gasteiger partial charge in [-0.1, -0.05) is 30.3 Å². The molecule has 2 nitrogen and oxygen atoms in total. The maximum atomic E-state index is 4.59. The van der Waals surface area contributed by atoms with Gasteiger partial charge in [-0.25, -0.2) is 4.98 Å². The van der Waals surface area contributed by atoms with Gasteiger partial charge in [0.1, 0.15) is 0 Å². The second-order valence-electron chi connectivity index (χ2n) is 4.27. The van der Waals surface area contributed by atoms with Crippen molar-refractivity contribution >= 4 is 16.5 Å². The number of thiazole rings is 1. The first kappa shape index (κ1) is 11.2. The fraction of sp³-hybridized carbons (Fsp3) is 0.133. The third-order valence-electron chi connectivity index (χ3n) is 3.11. The molecule has 90 valence electrons. The van der Waals surface area contributed by atoms with Crippen LogP contribution in [0.15, 0.2) is 41.8 Å². The van der Waals surface area contributed by atoms with Gasteiger partial charge in [-0.3, -0.25) is 0 Å². The minimum Gasteiger partial charge on any atom is -0.365 e. The molecule has 1 aromatic rings. The zero-order chi connectivity index (χ0) is 12.5. The summed E-state index contributed by atoms with van der Waals surface area (Å²) in [6, 6.07) is 12.8. The van der Waals surface area contributed by atoms with Crippen molar-refractivity contribution in [3.05, 3.63) is 47.3 Å². The van der Waals surface area contributed by atoms with Crippen LogP contribution in [0.3, 0.4) is 0 Å². The molecular formula is C15H14N2S. The zero-order valence-electron chi connectivity index (χ0n) is 10.4. The molecule has 0 atom stereocenters. The Balaban J connectivity index is 2.19. The Labute approximate surface area is 111 Å². The first-order valence-electron chi connectivity index (χ1n) is 5.91. The summed E-state index contributed by atoms with van der Waals surface area (Å²) < 4.78 is 0. The summed E-state index contributed by atoms with van der Waals surface area (Å²) in [5, 5.41) is 6.15. The summed E-state index contributed by atoms with van der Waals surface area (Å²) in [7, 11) is 1.90. The Morgan fingerprint density at radius 3 is 2.56 bits per heavy atom. The first-order chi connectivity index (χ1) is 8.79. The van der Waals surface area contributed by atoms with Crippen molar-refractivity contribution in [2.24, 2.45) is 0 Å². The summed E-state index contributed by atoms with van der Waals surface area (Å²) in [6.07, 6.45) is 0. The van der Waals surface area contributed by atoms with E-state index in [0.29, 0.717) is 0 Å². The lowest BCUT2D eigenvalue weighted by Crippen LogP contribution is -1.85. The molecule has 0 fully saturated rings. The van der Waals surface area contributed by atoms with Crippen molar-refractivity contribution in [3.63, 3.8) is 0 Å². The van der Waals surface area contributed by atoms with Crippen LogP contribution >= 0.6 is 11.3 Å². The van der Waals surface area contributed by atoms with E-state index in [1.165, 1.54) is 22.3 Å². The molecule has 1 N–H and O–H groups in total. The summed E-state index contributed by atoms with van der Waals surface area (Å²) in [4.78, 5) is 4.59. The Kier molecular flexibility index (Phi) is 2.76. The van der Waals surface area contributed by atoms with E-state index in [4.69, 9.17) is 0 Å². The highest BCUT2D eigenvalue weighted by molar-refractivity contribution is 7.14. The third kappa shape index (κ3) is 1.77. The number of nitrogens with one attached hydrogen (secondary N) is 1. The van der Waals surface area contributed by atoms with Gasteiger partial charge in [0.05, 0.1) is 5.69 Å². The molecule has 0 unspecified atom stereocenters. The predicted octanol–water partition coefficient (Wildman–Crippen LogP) is 4.27. The van der Waals surface area contributed by atoms with E-state index in [1.54, 1.807) is 11.3 Å². The lowest BCUT2D eigenvalue weighted by molar-refractivity contribution is 1.37. The van der Waals surface area contributed by atoms with Crippen molar-refractivity contribution < 1.29 is 0 Å². The highest BCUT2D eigenvalue weighted by Crippen LogP contribution is 2.38. The van der Waals surface area contributed by atoms with Gasteiger partial charge in [0.2, 0.25) is 0 Å².